The van der Waals surface area contributed by atoms with E-state index in [9.17, 15) is 4.79 Å². The van der Waals surface area contributed by atoms with E-state index in [1.54, 1.807) is 6.21 Å². The largest absolute Gasteiger partial charge is 0.495 e. The van der Waals surface area contributed by atoms with Crippen LogP contribution in [0.1, 0.15) is 6.42 Å². The molecule has 0 unspecified atom stereocenters. The third-order valence-electron chi connectivity index (χ3n) is 5.74. The number of benzene rings is 1. The number of carbonyl (C=O) groups is 1. The number of allylic oxidation sites excluding steroid dienone is 2. The van der Waals surface area contributed by atoms with Crippen molar-refractivity contribution in [1.29, 1.82) is 0 Å². The Morgan fingerprint density at radius 3 is 2.65 bits per heavy atom. The molecule has 4 heterocycles. The van der Waals surface area contributed by atoms with Crippen LogP contribution in [-0.4, -0.2) is 73.1 Å². The molecular weight excluding hydrogens is 418 g/mol. The van der Waals surface area contributed by atoms with Gasteiger partial charge in [-0.3, -0.25) is 9.69 Å². The van der Waals surface area contributed by atoms with Gasteiger partial charge in [0.25, 0.3) is 0 Å². The van der Waals surface area contributed by atoms with E-state index >= 15 is 0 Å². The minimum atomic E-state index is 0. The minimum absolute atomic E-state index is 0. The number of fused-ring (bicyclic) bond motifs is 2. The number of rotatable bonds is 5. The van der Waals surface area contributed by atoms with E-state index in [4.69, 9.17) is 4.74 Å². The summed E-state index contributed by atoms with van der Waals surface area (Å²) < 4.78 is 6.05. The van der Waals surface area contributed by atoms with Crippen LogP contribution in [0.5, 0.6) is 0 Å². The van der Waals surface area contributed by atoms with Crippen molar-refractivity contribution in [1.82, 2.24) is 15.1 Å². The topological polar surface area (TPSA) is 91.9 Å². The zero-order chi connectivity index (χ0) is 19.6. The molecular formula is C22H28ClN5O3. The second-order valence-corrected chi connectivity index (χ2v) is 7.56. The number of piperazine rings is 1. The molecule has 4 aliphatic rings. The van der Waals surface area contributed by atoms with Gasteiger partial charge in [-0.05, 0) is 12.1 Å². The molecule has 4 aliphatic heterocycles. The number of carbonyl (C=O) groups excluding carboxylic acids is 1. The third kappa shape index (κ3) is 4.76. The first-order valence-electron chi connectivity index (χ1n) is 10.2. The number of aliphatic imine (C=N–C) groups is 1. The van der Waals surface area contributed by atoms with Crippen LogP contribution in [0.4, 0.5) is 5.69 Å². The smallest absolute Gasteiger partial charge is 0.188 e. The second-order valence-electron chi connectivity index (χ2n) is 7.56. The fourth-order valence-corrected chi connectivity index (χ4v) is 4.12. The maximum atomic E-state index is 12.0. The number of ether oxygens (including phenoxy) is 1. The molecule has 0 amide bonds. The van der Waals surface area contributed by atoms with Gasteiger partial charge in [0.1, 0.15) is 18.1 Å². The molecule has 1 aromatic rings. The summed E-state index contributed by atoms with van der Waals surface area (Å²) in [5.41, 5.74) is 2.87. The van der Waals surface area contributed by atoms with Crippen LogP contribution in [0, 0.1) is 0 Å². The highest BCUT2D eigenvalue weighted by Gasteiger charge is 2.31. The van der Waals surface area contributed by atoms with E-state index in [0.717, 1.165) is 44.2 Å². The standard InChI is InChI=1S/C22H25N5O2.ClH.H2O/c28-20-6-7-23-22-21(20)24-15-18-14-19(16-27(18)22)29-13-12-25-8-10-26(11-9-25)17-4-2-1-3-5-17;;/h1-5,7,14-15,24H,6,8-13,16H2;1H;1H2. The molecule has 5 rings (SSSR count). The lowest BCUT2D eigenvalue weighted by molar-refractivity contribution is -0.115. The Hall–Kier alpha value is -2.81. The van der Waals surface area contributed by atoms with E-state index in [1.807, 2.05) is 17.2 Å². The predicted molar refractivity (Wildman–Crippen MR) is 123 cm³/mol. The lowest BCUT2D eigenvalue weighted by atomic mass is 10.1. The number of anilines is 1. The Balaban J connectivity index is 0.00000136. The van der Waals surface area contributed by atoms with Crippen molar-refractivity contribution in [3.8, 4) is 0 Å². The molecule has 0 spiro atoms. The maximum Gasteiger partial charge on any atom is 0.188 e. The molecule has 1 saturated heterocycles. The Kier molecular flexibility index (Phi) is 7.37. The van der Waals surface area contributed by atoms with Gasteiger partial charge in [-0.15, -0.1) is 12.4 Å². The summed E-state index contributed by atoms with van der Waals surface area (Å²) in [5.74, 6) is 1.70. The summed E-state index contributed by atoms with van der Waals surface area (Å²) in [6.07, 6.45) is 5.92. The SMILES string of the molecule is Cl.O.O=C1CC=NC2=C1NC=C1C=C(OCCN3CCN(c4ccccc4)CC3)CN12. The number of para-hydroxylation sites is 1. The van der Waals surface area contributed by atoms with E-state index in [-0.39, 0.29) is 23.7 Å². The van der Waals surface area contributed by atoms with E-state index in [1.165, 1.54) is 5.69 Å². The van der Waals surface area contributed by atoms with Crippen LogP contribution >= 0.6 is 12.4 Å². The van der Waals surface area contributed by atoms with Crippen LogP contribution in [0.2, 0.25) is 0 Å². The number of hydrogen-bond donors (Lipinski definition) is 1. The summed E-state index contributed by atoms with van der Waals surface area (Å²) in [7, 11) is 0. The third-order valence-corrected chi connectivity index (χ3v) is 5.74. The molecule has 8 nitrogen and oxygen atoms in total. The van der Waals surface area contributed by atoms with Crippen LogP contribution in [0.3, 0.4) is 0 Å². The predicted octanol–water partition coefficient (Wildman–Crippen LogP) is 1.28. The van der Waals surface area contributed by atoms with E-state index < -0.39 is 0 Å². The molecule has 166 valence electrons. The number of hydrogen-bond acceptors (Lipinski definition) is 7. The van der Waals surface area contributed by atoms with Crippen LogP contribution in [-0.2, 0) is 9.53 Å². The molecule has 0 aromatic heterocycles. The number of nitrogens with zero attached hydrogens (tertiary/aromatic N) is 4. The van der Waals surface area contributed by atoms with E-state index in [0.29, 0.717) is 31.1 Å². The normalized spacial score (nSPS) is 20.1. The lowest BCUT2D eigenvalue weighted by Gasteiger charge is -2.36. The van der Waals surface area contributed by atoms with Gasteiger partial charge in [0.2, 0.25) is 0 Å². The molecule has 0 aliphatic carbocycles. The van der Waals surface area contributed by atoms with Gasteiger partial charge in [-0.2, -0.15) is 0 Å². The Morgan fingerprint density at radius 2 is 1.87 bits per heavy atom. The highest BCUT2D eigenvalue weighted by molar-refractivity contribution is 6.05. The van der Waals surface area contributed by atoms with Crippen molar-refractivity contribution < 1.29 is 15.0 Å². The number of nitrogens with one attached hydrogen (secondary N) is 1. The monoisotopic (exact) mass is 445 g/mol. The van der Waals surface area contributed by atoms with Gasteiger partial charge in [0.05, 0.1) is 12.2 Å². The molecule has 1 aromatic carbocycles. The lowest BCUT2D eigenvalue weighted by Crippen LogP contribution is -2.47. The summed E-state index contributed by atoms with van der Waals surface area (Å²) in [4.78, 5) is 23.4. The van der Waals surface area contributed by atoms with Crippen molar-refractivity contribution in [2.45, 2.75) is 6.42 Å². The molecule has 0 bridgehead atoms. The zero-order valence-electron chi connectivity index (χ0n) is 17.3. The van der Waals surface area contributed by atoms with Crippen molar-refractivity contribution in [2.75, 3.05) is 50.8 Å². The fraction of sp³-hybridized carbons (Fsp3) is 0.364. The van der Waals surface area contributed by atoms with Gasteiger partial charge in [0.15, 0.2) is 11.6 Å². The van der Waals surface area contributed by atoms with Gasteiger partial charge in [-0.1, -0.05) is 18.2 Å². The second kappa shape index (κ2) is 10.00. The molecule has 9 heteroatoms. The highest BCUT2D eigenvalue weighted by Crippen LogP contribution is 2.31. The molecule has 1 fully saturated rings. The average Bonchev–Trinajstić information content (AvgIpc) is 3.19. The highest BCUT2D eigenvalue weighted by atomic mass is 35.5. The molecule has 0 saturated carbocycles. The quantitative estimate of drug-likeness (QED) is 0.734. The molecule has 3 N–H and O–H groups in total. The van der Waals surface area contributed by atoms with Gasteiger partial charge < -0.3 is 25.3 Å². The Morgan fingerprint density at radius 1 is 1.10 bits per heavy atom. The molecule has 0 atom stereocenters. The van der Waals surface area contributed by atoms with Gasteiger partial charge in [0, 0.05) is 63.3 Å². The van der Waals surface area contributed by atoms with Crippen molar-refractivity contribution in [3.05, 3.63) is 65.6 Å². The molecule has 31 heavy (non-hydrogen) atoms. The first kappa shape index (κ1) is 22.9. The summed E-state index contributed by atoms with van der Waals surface area (Å²) in [6.45, 7) is 6.39. The summed E-state index contributed by atoms with van der Waals surface area (Å²) in [5, 5.41) is 3.09. The van der Waals surface area contributed by atoms with Crippen molar-refractivity contribution in [3.63, 3.8) is 0 Å². The summed E-state index contributed by atoms with van der Waals surface area (Å²) in [6, 6.07) is 10.6. The van der Waals surface area contributed by atoms with Crippen LogP contribution < -0.4 is 10.2 Å². The minimum Gasteiger partial charge on any atom is -0.495 e. The number of ketones is 1. The van der Waals surface area contributed by atoms with Crippen LogP contribution in [0.15, 0.2) is 70.6 Å². The maximum absolute atomic E-state index is 12.0. The Labute approximate surface area is 188 Å². The average molecular weight is 446 g/mol. The Bertz CT molecular complexity index is 920. The summed E-state index contributed by atoms with van der Waals surface area (Å²) >= 11 is 0. The first-order chi connectivity index (χ1) is 14.3. The van der Waals surface area contributed by atoms with Crippen molar-refractivity contribution >= 4 is 30.1 Å². The number of halogens is 1. The van der Waals surface area contributed by atoms with Crippen molar-refractivity contribution in [2.24, 2.45) is 4.99 Å². The van der Waals surface area contributed by atoms with E-state index in [2.05, 4.69) is 50.4 Å². The van der Waals surface area contributed by atoms with Crippen LogP contribution in [0.25, 0.3) is 0 Å². The van der Waals surface area contributed by atoms with Gasteiger partial charge in [-0.25, -0.2) is 4.99 Å². The molecule has 0 radical (unpaired) electrons. The first-order valence-corrected chi connectivity index (χ1v) is 10.2. The van der Waals surface area contributed by atoms with Gasteiger partial charge >= 0.3 is 0 Å². The zero-order valence-corrected chi connectivity index (χ0v) is 18.1. The fourth-order valence-electron chi connectivity index (χ4n) is 4.12. The number of Topliss-reactive ketones (excluding diaryl/α,β-unsaturated/α-hetero) is 1.